The van der Waals surface area contributed by atoms with Crippen molar-refractivity contribution in [3.8, 4) is 0 Å². The quantitative estimate of drug-likeness (QED) is 0.790. The van der Waals surface area contributed by atoms with Crippen LogP contribution in [-0.2, 0) is 11.3 Å². The number of aromatic nitrogens is 1. The number of rotatable bonds is 7. The molecule has 1 unspecified atom stereocenters. The maximum absolute atomic E-state index is 5.50. The van der Waals surface area contributed by atoms with Crippen LogP contribution in [0, 0.1) is 12.8 Å². The minimum Gasteiger partial charge on any atom is -0.380 e. The molecule has 0 radical (unpaired) electrons. The summed E-state index contributed by atoms with van der Waals surface area (Å²) in [6.07, 6.45) is 3.76. The van der Waals surface area contributed by atoms with Gasteiger partial charge in [0.05, 0.1) is 6.61 Å². The second-order valence-corrected chi connectivity index (χ2v) is 4.69. The lowest BCUT2D eigenvalue weighted by Gasteiger charge is -2.22. The van der Waals surface area contributed by atoms with Crippen molar-refractivity contribution in [1.82, 2.24) is 10.3 Å². The zero-order chi connectivity index (χ0) is 12.7. The van der Waals surface area contributed by atoms with Crippen LogP contribution in [0.3, 0.4) is 0 Å². The lowest BCUT2D eigenvalue weighted by molar-refractivity contribution is 0.108. The number of pyridine rings is 1. The molecule has 17 heavy (non-hydrogen) atoms. The Bertz CT molecular complexity index is 326. The van der Waals surface area contributed by atoms with E-state index in [1.54, 1.807) is 0 Å². The Labute approximate surface area is 105 Å². The van der Waals surface area contributed by atoms with Gasteiger partial charge in [-0.3, -0.25) is 4.98 Å². The first-order valence-corrected chi connectivity index (χ1v) is 6.35. The van der Waals surface area contributed by atoms with Crippen molar-refractivity contribution in [2.45, 2.75) is 40.3 Å². The average Bonchev–Trinajstić information content (AvgIpc) is 2.31. The Hall–Kier alpha value is -0.930. The molecule has 0 saturated heterocycles. The molecule has 0 aromatic carbocycles. The summed E-state index contributed by atoms with van der Waals surface area (Å²) in [6.45, 7) is 11.0. The zero-order valence-corrected chi connectivity index (χ0v) is 11.4. The molecule has 1 rings (SSSR count). The minimum atomic E-state index is 0.398. The Morgan fingerprint density at radius 1 is 1.41 bits per heavy atom. The fourth-order valence-electron chi connectivity index (χ4n) is 1.65. The highest BCUT2D eigenvalue weighted by Gasteiger charge is 2.12. The third-order valence-electron chi connectivity index (χ3n) is 3.01. The highest BCUT2D eigenvalue weighted by Crippen LogP contribution is 2.07. The summed E-state index contributed by atoms with van der Waals surface area (Å²) in [7, 11) is 0. The van der Waals surface area contributed by atoms with Gasteiger partial charge in [-0.05, 0) is 37.0 Å². The largest absolute Gasteiger partial charge is 0.380 e. The summed E-state index contributed by atoms with van der Waals surface area (Å²) >= 11 is 0. The Morgan fingerprint density at radius 3 is 2.76 bits per heavy atom. The number of hydrogen-bond donors (Lipinski definition) is 1. The zero-order valence-electron chi connectivity index (χ0n) is 11.4. The van der Waals surface area contributed by atoms with Gasteiger partial charge in [-0.2, -0.15) is 0 Å². The van der Waals surface area contributed by atoms with E-state index in [9.17, 15) is 0 Å². The smallest absolute Gasteiger partial charge is 0.0622 e. The van der Waals surface area contributed by atoms with Crippen molar-refractivity contribution in [3.63, 3.8) is 0 Å². The van der Waals surface area contributed by atoms with Gasteiger partial charge in [-0.15, -0.1) is 0 Å². The van der Waals surface area contributed by atoms with E-state index in [-0.39, 0.29) is 0 Å². The minimum absolute atomic E-state index is 0.398. The van der Waals surface area contributed by atoms with Crippen LogP contribution in [0.25, 0.3) is 0 Å². The van der Waals surface area contributed by atoms with Gasteiger partial charge in [0.15, 0.2) is 0 Å². The van der Waals surface area contributed by atoms with Gasteiger partial charge in [-0.1, -0.05) is 13.8 Å². The van der Waals surface area contributed by atoms with E-state index >= 15 is 0 Å². The Kier molecular flexibility index (Phi) is 6.16. The molecular formula is C14H24N2O. The van der Waals surface area contributed by atoms with E-state index in [0.29, 0.717) is 12.0 Å². The van der Waals surface area contributed by atoms with Crippen molar-refractivity contribution in [3.05, 3.63) is 29.6 Å². The van der Waals surface area contributed by atoms with Crippen molar-refractivity contribution in [2.75, 3.05) is 13.2 Å². The summed E-state index contributed by atoms with van der Waals surface area (Å²) in [5.74, 6) is 0.568. The number of ether oxygens (including phenoxy) is 1. The number of nitrogens with one attached hydrogen (secondary N) is 1. The van der Waals surface area contributed by atoms with Gasteiger partial charge in [0.2, 0.25) is 0 Å². The SMILES string of the molecule is CCOCC(NCc1cnccc1C)C(C)C. The average molecular weight is 236 g/mol. The predicted octanol–water partition coefficient (Wildman–Crippen LogP) is 2.54. The normalized spacial score (nSPS) is 13.0. The Balaban J connectivity index is 2.49. The van der Waals surface area contributed by atoms with E-state index < -0.39 is 0 Å². The second kappa shape index (κ2) is 7.41. The van der Waals surface area contributed by atoms with Gasteiger partial charge >= 0.3 is 0 Å². The van der Waals surface area contributed by atoms with E-state index in [1.165, 1.54) is 11.1 Å². The summed E-state index contributed by atoms with van der Waals surface area (Å²) in [6, 6.07) is 2.44. The standard InChI is InChI=1S/C14H24N2O/c1-5-17-10-14(11(2)3)16-9-13-8-15-7-6-12(13)4/h6-8,11,14,16H,5,9-10H2,1-4H3. The topological polar surface area (TPSA) is 34.1 Å². The molecule has 0 aliphatic rings. The molecule has 1 atom stereocenters. The summed E-state index contributed by atoms with van der Waals surface area (Å²) in [5.41, 5.74) is 2.54. The fourth-order valence-corrected chi connectivity index (χ4v) is 1.65. The van der Waals surface area contributed by atoms with E-state index in [2.05, 4.69) is 31.1 Å². The summed E-state index contributed by atoms with van der Waals surface area (Å²) in [4.78, 5) is 4.16. The van der Waals surface area contributed by atoms with E-state index in [1.807, 2.05) is 25.4 Å². The van der Waals surface area contributed by atoms with Crippen LogP contribution in [0.1, 0.15) is 31.9 Å². The van der Waals surface area contributed by atoms with E-state index in [0.717, 1.165) is 19.8 Å². The molecule has 0 aliphatic carbocycles. The molecule has 3 nitrogen and oxygen atoms in total. The molecule has 1 aromatic heterocycles. The van der Waals surface area contributed by atoms with E-state index in [4.69, 9.17) is 4.74 Å². The lowest BCUT2D eigenvalue weighted by atomic mass is 10.0. The highest BCUT2D eigenvalue weighted by atomic mass is 16.5. The maximum Gasteiger partial charge on any atom is 0.0622 e. The van der Waals surface area contributed by atoms with Crippen LogP contribution in [-0.4, -0.2) is 24.2 Å². The monoisotopic (exact) mass is 236 g/mol. The first kappa shape index (κ1) is 14.1. The molecule has 3 heteroatoms. The van der Waals surface area contributed by atoms with Crippen LogP contribution in [0.2, 0.25) is 0 Å². The molecule has 96 valence electrons. The number of nitrogens with zero attached hydrogens (tertiary/aromatic N) is 1. The molecule has 1 aromatic rings. The Morgan fingerprint density at radius 2 is 2.18 bits per heavy atom. The van der Waals surface area contributed by atoms with Crippen molar-refractivity contribution < 1.29 is 4.74 Å². The summed E-state index contributed by atoms with van der Waals surface area (Å²) < 4.78 is 5.50. The third-order valence-corrected chi connectivity index (χ3v) is 3.01. The lowest BCUT2D eigenvalue weighted by Crippen LogP contribution is -2.37. The van der Waals surface area contributed by atoms with Crippen molar-refractivity contribution in [1.29, 1.82) is 0 Å². The highest BCUT2D eigenvalue weighted by molar-refractivity contribution is 5.21. The molecule has 0 spiro atoms. The second-order valence-electron chi connectivity index (χ2n) is 4.69. The maximum atomic E-state index is 5.50. The third kappa shape index (κ3) is 4.84. The van der Waals surface area contributed by atoms with Crippen LogP contribution in [0.15, 0.2) is 18.5 Å². The van der Waals surface area contributed by atoms with Crippen LogP contribution < -0.4 is 5.32 Å². The van der Waals surface area contributed by atoms with Crippen LogP contribution in [0.4, 0.5) is 0 Å². The van der Waals surface area contributed by atoms with Crippen LogP contribution in [0.5, 0.6) is 0 Å². The van der Waals surface area contributed by atoms with Crippen molar-refractivity contribution >= 4 is 0 Å². The van der Waals surface area contributed by atoms with Gasteiger partial charge in [0.1, 0.15) is 0 Å². The number of hydrogen-bond acceptors (Lipinski definition) is 3. The van der Waals surface area contributed by atoms with Crippen molar-refractivity contribution in [2.24, 2.45) is 5.92 Å². The van der Waals surface area contributed by atoms with Gasteiger partial charge in [0.25, 0.3) is 0 Å². The molecule has 0 aliphatic heterocycles. The molecule has 1 N–H and O–H groups in total. The molecule has 1 heterocycles. The van der Waals surface area contributed by atoms with Gasteiger partial charge in [0, 0.05) is 31.6 Å². The molecule has 0 saturated carbocycles. The first-order valence-electron chi connectivity index (χ1n) is 6.35. The molecule has 0 fully saturated rings. The molecule has 0 bridgehead atoms. The van der Waals surface area contributed by atoms with Gasteiger partial charge < -0.3 is 10.1 Å². The predicted molar refractivity (Wildman–Crippen MR) is 70.9 cm³/mol. The van der Waals surface area contributed by atoms with Crippen LogP contribution >= 0.6 is 0 Å². The first-order chi connectivity index (χ1) is 8.15. The molecule has 0 amide bonds. The fraction of sp³-hybridized carbons (Fsp3) is 0.643. The summed E-state index contributed by atoms with van der Waals surface area (Å²) in [5, 5.41) is 3.55. The van der Waals surface area contributed by atoms with Gasteiger partial charge in [-0.25, -0.2) is 0 Å². The number of aryl methyl sites for hydroxylation is 1. The molecular weight excluding hydrogens is 212 g/mol.